The number of hydrogen-bond acceptors (Lipinski definition) is 1. The number of nitrogens with zero attached hydrogens (tertiary/aromatic N) is 2. The van der Waals surface area contributed by atoms with E-state index in [1.807, 2.05) is 0 Å². The number of hydrogen-bond donors (Lipinski definition) is 0. The predicted molar refractivity (Wildman–Crippen MR) is 76.9 cm³/mol. The van der Waals surface area contributed by atoms with Crippen LogP contribution in [0.15, 0.2) is 36.4 Å². The SMILES string of the molecule is Cn1c2ccccc2c2nc(C(C)(C)C)ccc21. The van der Waals surface area contributed by atoms with Gasteiger partial charge in [-0.2, -0.15) is 0 Å². The Bertz CT molecular complexity index is 730. The van der Waals surface area contributed by atoms with Gasteiger partial charge in [0.05, 0.1) is 16.6 Å². The Morgan fingerprint density at radius 3 is 2.39 bits per heavy atom. The molecule has 0 spiro atoms. The zero-order valence-electron chi connectivity index (χ0n) is 11.4. The minimum absolute atomic E-state index is 0.0884. The van der Waals surface area contributed by atoms with E-state index in [1.54, 1.807) is 0 Å². The molecule has 0 saturated carbocycles. The van der Waals surface area contributed by atoms with Crippen LogP contribution in [-0.2, 0) is 12.5 Å². The fraction of sp³-hybridized carbons (Fsp3) is 0.312. The molecule has 18 heavy (non-hydrogen) atoms. The first-order valence-corrected chi connectivity index (χ1v) is 6.33. The third-order valence-electron chi connectivity index (χ3n) is 3.52. The summed E-state index contributed by atoms with van der Waals surface area (Å²) < 4.78 is 2.21. The maximum absolute atomic E-state index is 4.87. The van der Waals surface area contributed by atoms with Gasteiger partial charge >= 0.3 is 0 Å². The molecule has 2 heterocycles. The van der Waals surface area contributed by atoms with Gasteiger partial charge in [0.15, 0.2) is 0 Å². The van der Waals surface area contributed by atoms with Gasteiger partial charge in [0.1, 0.15) is 0 Å². The van der Waals surface area contributed by atoms with Crippen molar-refractivity contribution >= 4 is 21.9 Å². The number of rotatable bonds is 0. The Balaban J connectivity index is 2.44. The quantitative estimate of drug-likeness (QED) is 0.578. The normalized spacial score (nSPS) is 12.4. The summed E-state index contributed by atoms with van der Waals surface area (Å²) in [5.41, 5.74) is 4.78. The average molecular weight is 238 g/mol. The van der Waals surface area contributed by atoms with Crippen LogP contribution in [0.25, 0.3) is 21.9 Å². The van der Waals surface area contributed by atoms with Gasteiger partial charge in [-0.25, -0.2) is 4.98 Å². The Hall–Kier alpha value is -1.83. The smallest absolute Gasteiger partial charge is 0.0963 e. The molecule has 0 saturated heterocycles. The molecule has 3 rings (SSSR count). The Labute approximate surface area is 107 Å². The third-order valence-corrected chi connectivity index (χ3v) is 3.52. The van der Waals surface area contributed by atoms with Gasteiger partial charge in [0, 0.05) is 23.5 Å². The van der Waals surface area contributed by atoms with E-state index in [9.17, 15) is 0 Å². The van der Waals surface area contributed by atoms with E-state index >= 15 is 0 Å². The van der Waals surface area contributed by atoms with Crippen LogP contribution >= 0.6 is 0 Å². The van der Waals surface area contributed by atoms with Crippen LogP contribution in [0.3, 0.4) is 0 Å². The average Bonchev–Trinajstić information content (AvgIpc) is 2.63. The highest BCUT2D eigenvalue weighted by Gasteiger charge is 2.17. The number of para-hydroxylation sites is 1. The maximum Gasteiger partial charge on any atom is 0.0963 e. The van der Waals surface area contributed by atoms with Gasteiger partial charge in [-0.3, -0.25) is 0 Å². The van der Waals surface area contributed by atoms with Crippen LogP contribution < -0.4 is 0 Å². The van der Waals surface area contributed by atoms with Crippen molar-refractivity contribution in [2.45, 2.75) is 26.2 Å². The van der Waals surface area contributed by atoms with Gasteiger partial charge in [-0.15, -0.1) is 0 Å². The molecule has 0 bridgehead atoms. The number of fused-ring (bicyclic) bond motifs is 3. The van der Waals surface area contributed by atoms with Crippen molar-refractivity contribution in [3.05, 3.63) is 42.1 Å². The van der Waals surface area contributed by atoms with Crippen LogP contribution in [0.1, 0.15) is 26.5 Å². The number of benzene rings is 1. The van der Waals surface area contributed by atoms with Crippen molar-refractivity contribution in [1.82, 2.24) is 9.55 Å². The van der Waals surface area contributed by atoms with E-state index in [4.69, 9.17) is 4.98 Å². The van der Waals surface area contributed by atoms with Crippen molar-refractivity contribution in [1.29, 1.82) is 0 Å². The minimum atomic E-state index is 0.0884. The molecular formula is C16H18N2. The van der Waals surface area contributed by atoms with Crippen molar-refractivity contribution in [3.63, 3.8) is 0 Å². The Kier molecular flexibility index (Phi) is 2.24. The fourth-order valence-corrected chi connectivity index (χ4v) is 2.43. The van der Waals surface area contributed by atoms with Crippen molar-refractivity contribution in [2.75, 3.05) is 0 Å². The fourth-order valence-electron chi connectivity index (χ4n) is 2.43. The molecule has 2 heteroatoms. The summed E-state index contributed by atoms with van der Waals surface area (Å²) in [5, 5.41) is 1.24. The van der Waals surface area contributed by atoms with Gasteiger partial charge < -0.3 is 4.57 Å². The van der Waals surface area contributed by atoms with E-state index in [0.29, 0.717) is 0 Å². The zero-order chi connectivity index (χ0) is 12.9. The molecule has 0 aliphatic rings. The number of aryl methyl sites for hydroxylation is 1. The van der Waals surface area contributed by atoms with Gasteiger partial charge in [0.2, 0.25) is 0 Å². The first-order valence-electron chi connectivity index (χ1n) is 6.33. The van der Waals surface area contributed by atoms with E-state index in [0.717, 1.165) is 11.2 Å². The second-order valence-electron chi connectivity index (χ2n) is 5.89. The lowest BCUT2D eigenvalue weighted by Crippen LogP contribution is -2.13. The molecular weight excluding hydrogens is 220 g/mol. The Morgan fingerprint density at radius 1 is 0.944 bits per heavy atom. The summed E-state index contributed by atoms with van der Waals surface area (Å²) in [7, 11) is 2.10. The topological polar surface area (TPSA) is 17.8 Å². The molecule has 2 aromatic heterocycles. The molecule has 0 atom stereocenters. The molecule has 0 amide bonds. The predicted octanol–water partition coefficient (Wildman–Crippen LogP) is 4.02. The molecule has 0 radical (unpaired) electrons. The highest BCUT2D eigenvalue weighted by Crippen LogP contribution is 2.29. The molecule has 0 aliphatic carbocycles. The first kappa shape index (κ1) is 11.3. The summed E-state index contributed by atoms with van der Waals surface area (Å²) >= 11 is 0. The highest BCUT2D eigenvalue weighted by molar-refractivity contribution is 6.05. The standard InChI is InChI=1S/C16H18N2/c1-16(2,3)14-10-9-13-15(17-14)11-7-5-6-8-12(11)18(13)4/h5-10H,1-4H3. The van der Waals surface area contributed by atoms with Crippen LogP contribution in [0, 0.1) is 0 Å². The van der Waals surface area contributed by atoms with Crippen LogP contribution in [0.2, 0.25) is 0 Å². The van der Waals surface area contributed by atoms with Crippen LogP contribution in [0.5, 0.6) is 0 Å². The lowest BCUT2D eigenvalue weighted by molar-refractivity contribution is 0.571. The third kappa shape index (κ3) is 1.52. The lowest BCUT2D eigenvalue weighted by atomic mass is 9.91. The number of pyridine rings is 1. The second-order valence-corrected chi connectivity index (χ2v) is 5.89. The summed E-state index contributed by atoms with van der Waals surface area (Å²) in [4.78, 5) is 4.87. The highest BCUT2D eigenvalue weighted by atomic mass is 15.0. The van der Waals surface area contributed by atoms with Gasteiger partial charge in [-0.05, 0) is 18.2 Å². The van der Waals surface area contributed by atoms with E-state index < -0.39 is 0 Å². The van der Waals surface area contributed by atoms with Gasteiger partial charge in [0.25, 0.3) is 0 Å². The van der Waals surface area contributed by atoms with Crippen molar-refractivity contribution in [2.24, 2.45) is 7.05 Å². The molecule has 1 aromatic carbocycles. The molecule has 0 aliphatic heterocycles. The largest absolute Gasteiger partial charge is 0.342 e. The summed E-state index contributed by atoms with van der Waals surface area (Å²) in [6.45, 7) is 6.60. The second kappa shape index (κ2) is 3.58. The monoisotopic (exact) mass is 238 g/mol. The van der Waals surface area contributed by atoms with Crippen LogP contribution in [-0.4, -0.2) is 9.55 Å². The van der Waals surface area contributed by atoms with E-state index in [-0.39, 0.29) is 5.41 Å². The van der Waals surface area contributed by atoms with Crippen LogP contribution in [0.4, 0.5) is 0 Å². The first-order chi connectivity index (χ1) is 8.48. The summed E-state index contributed by atoms with van der Waals surface area (Å²) in [6.07, 6.45) is 0. The minimum Gasteiger partial charge on any atom is -0.342 e. The maximum atomic E-state index is 4.87. The lowest BCUT2D eigenvalue weighted by Gasteiger charge is -2.17. The molecule has 0 unspecified atom stereocenters. The van der Waals surface area contributed by atoms with Crippen molar-refractivity contribution in [3.8, 4) is 0 Å². The molecule has 0 N–H and O–H groups in total. The molecule has 2 nitrogen and oxygen atoms in total. The van der Waals surface area contributed by atoms with Gasteiger partial charge in [-0.1, -0.05) is 39.0 Å². The Morgan fingerprint density at radius 2 is 1.67 bits per heavy atom. The molecule has 0 fully saturated rings. The van der Waals surface area contributed by atoms with E-state index in [1.165, 1.54) is 16.4 Å². The zero-order valence-corrected chi connectivity index (χ0v) is 11.4. The number of aromatic nitrogens is 2. The van der Waals surface area contributed by atoms with Crippen molar-refractivity contribution < 1.29 is 0 Å². The van der Waals surface area contributed by atoms with E-state index in [2.05, 4.69) is 68.8 Å². The molecule has 92 valence electrons. The molecule has 3 aromatic rings. The summed E-state index contributed by atoms with van der Waals surface area (Å²) in [6, 6.07) is 12.8. The summed E-state index contributed by atoms with van der Waals surface area (Å²) in [5.74, 6) is 0.